The van der Waals surface area contributed by atoms with Crippen molar-refractivity contribution >= 4 is 15.9 Å². The lowest BCUT2D eigenvalue weighted by Crippen LogP contribution is -2.26. The van der Waals surface area contributed by atoms with Gasteiger partial charge in [0.05, 0.1) is 4.47 Å². The molecule has 0 atom stereocenters. The van der Waals surface area contributed by atoms with Crippen LogP contribution >= 0.6 is 15.9 Å². The zero-order chi connectivity index (χ0) is 13.1. The molecule has 3 heteroatoms. The third-order valence-electron chi connectivity index (χ3n) is 3.89. The monoisotopic (exact) mass is 311 g/mol. The SMILES string of the molecule is Cc1ccc(Br)c(OC2CCC(C(C)C)CC2)n1. The molecule has 2 rings (SSSR count). The van der Waals surface area contributed by atoms with E-state index in [0.717, 1.165) is 40.7 Å². The van der Waals surface area contributed by atoms with E-state index in [1.165, 1.54) is 12.8 Å². The smallest absolute Gasteiger partial charge is 0.228 e. The normalized spacial score (nSPS) is 24.3. The third kappa shape index (κ3) is 3.47. The van der Waals surface area contributed by atoms with E-state index in [1.807, 2.05) is 19.1 Å². The van der Waals surface area contributed by atoms with E-state index in [-0.39, 0.29) is 0 Å². The quantitative estimate of drug-likeness (QED) is 0.804. The first-order chi connectivity index (χ1) is 8.56. The van der Waals surface area contributed by atoms with Crippen LogP contribution in [0.3, 0.4) is 0 Å². The summed E-state index contributed by atoms with van der Waals surface area (Å²) in [5.41, 5.74) is 1.00. The van der Waals surface area contributed by atoms with Gasteiger partial charge in [-0.3, -0.25) is 0 Å². The summed E-state index contributed by atoms with van der Waals surface area (Å²) < 4.78 is 6.99. The Morgan fingerprint density at radius 1 is 1.22 bits per heavy atom. The highest BCUT2D eigenvalue weighted by Gasteiger charge is 2.25. The minimum Gasteiger partial charge on any atom is -0.474 e. The molecule has 1 saturated carbocycles. The lowest BCUT2D eigenvalue weighted by atomic mass is 9.80. The Morgan fingerprint density at radius 3 is 2.50 bits per heavy atom. The van der Waals surface area contributed by atoms with Crippen LogP contribution in [0.5, 0.6) is 5.88 Å². The molecule has 18 heavy (non-hydrogen) atoms. The fraction of sp³-hybridized carbons (Fsp3) is 0.667. The highest BCUT2D eigenvalue weighted by molar-refractivity contribution is 9.10. The number of ether oxygens (including phenoxy) is 1. The Morgan fingerprint density at radius 2 is 1.89 bits per heavy atom. The number of aromatic nitrogens is 1. The maximum absolute atomic E-state index is 6.04. The Kier molecular flexibility index (Phi) is 4.66. The zero-order valence-electron chi connectivity index (χ0n) is 11.4. The standard InChI is InChI=1S/C15H22BrNO/c1-10(2)12-5-7-13(8-6-12)18-15-14(16)9-4-11(3)17-15/h4,9-10,12-13H,5-8H2,1-3H3. The minimum atomic E-state index is 0.339. The van der Waals surface area contributed by atoms with Crippen molar-refractivity contribution < 1.29 is 4.74 Å². The average Bonchev–Trinajstić information content (AvgIpc) is 2.34. The molecule has 1 aromatic rings. The predicted molar refractivity (Wildman–Crippen MR) is 77.9 cm³/mol. The molecule has 1 heterocycles. The van der Waals surface area contributed by atoms with Gasteiger partial charge in [0.25, 0.3) is 0 Å². The first-order valence-electron chi connectivity index (χ1n) is 6.86. The van der Waals surface area contributed by atoms with Crippen molar-refractivity contribution in [2.75, 3.05) is 0 Å². The number of nitrogens with zero attached hydrogens (tertiary/aromatic N) is 1. The molecule has 100 valence electrons. The van der Waals surface area contributed by atoms with Crippen molar-refractivity contribution in [1.82, 2.24) is 4.98 Å². The summed E-state index contributed by atoms with van der Waals surface area (Å²) in [5.74, 6) is 2.43. The average molecular weight is 312 g/mol. The minimum absolute atomic E-state index is 0.339. The summed E-state index contributed by atoms with van der Waals surface area (Å²) in [6.07, 6.45) is 5.22. The van der Waals surface area contributed by atoms with Gasteiger partial charge in [0.1, 0.15) is 6.10 Å². The highest BCUT2D eigenvalue weighted by atomic mass is 79.9. The van der Waals surface area contributed by atoms with Crippen LogP contribution in [0.4, 0.5) is 0 Å². The van der Waals surface area contributed by atoms with Gasteiger partial charge in [-0.25, -0.2) is 4.98 Å². The van der Waals surface area contributed by atoms with Crippen molar-refractivity contribution in [2.45, 2.75) is 52.6 Å². The molecular weight excluding hydrogens is 290 g/mol. The second-order valence-corrected chi connectivity index (χ2v) is 6.49. The van der Waals surface area contributed by atoms with Crippen LogP contribution in [0.1, 0.15) is 45.2 Å². The largest absolute Gasteiger partial charge is 0.474 e. The van der Waals surface area contributed by atoms with E-state index in [1.54, 1.807) is 0 Å². The molecule has 0 saturated heterocycles. The number of hydrogen-bond donors (Lipinski definition) is 0. The van der Waals surface area contributed by atoms with E-state index in [0.29, 0.717) is 6.10 Å². The van der Waals surface area contributed by atoms with Crippen LogP contribution in [-0.4, -0.2) is 11.1 Å². The lowest BCUT2D eigenvalue weighted by molar-refractivity contribution is 0.111. The maximum Gasteiger partial charge on any atom is 0.228 e. The summed E-state index contributed by atoms with van der Waals surface area (Å²) in [6.45, 7) is 6.64. The first kappa shape index (κ1) is 13.9. The molecule has 0 aromatic carbocycles. The molecule has 0 aliphatic heterocycles. The van der Waals surface area contributed by atoms with Crippen molar-refractivity contribution in [3.8, 4) is 5.88 Å². The topological polar surface area (TPSA) is 22.1 Å². The van der Waals surface area contributed by atoms with Gasteiger partial charge in [-0.05, 0) is 72.5 Å². The summed E-state index contributed by atoms with van der Waals surface area (Å²) in [5, 5.41) is 0. The Labute approximate surface area is 118 Å². The molecule has 0 radical (unpaired) electrons. The lowest BCUT2D eigenvalue weighted by Gasteiger charge is -2.31. The van der Waals surface area contributed by atoms with Crippen LogP contribution < -0.4 is 4.74 Å². The first-order valence-corrected chi connectivity index (χ1v) is 7.65. The Bertz CT molecular complexity index is 397. The number of hydrogen-bond acceptors (Lipinski definition) is 2. The number of rotatable bonds is 3. The molecule has 1 aromatic heterocycles. The summed E-state index contributed by atoms with van der Waals surface area (Å²) in [6, 6.07) is 4.00. The molecule has 1 aliphatic carbocycles. The fourth-order valence-corrected chi connectivity index (χ4v) is 2.94. The van der Waals surface area contributed by atoms with Crippen LogP contribution in [0.15, 0.2) is 16.6 Å². The third-order valence-corrected chi connectivity index (χ3v) is 4.50. The van der Waals surface area contributed by atoms with Gasteiger partial charge < -0.3 is 4.74 Å². The highest BCUT2D eigenvalue weighted by Crippen LogP contribution is 2.33. The molecule has 2 nitrogen and oxygen atoms in total. The van der Waals surface area contributed by atoms with Crippen molar-refractivity contribution in [3.05, 3.63) is 22.3 Å². The second kappa shape index (κ2) is 6.05. The van der Waals surface area contributed by atoms with Gasteiger partial charge in [0, 0.05) is 5.69 Å². The summed E-state index contributed by atoms with van der Waals surface area (Å²) in [7, 11) is 0. The van der Waals surface area contributed by atoms with Crippen LogP contribution in [0, 0.1) is 18.8 Å². The fourth-order valence-electron chi connectivity index (χ4n) is 2.63. The molecule has 0 amide bonds. The van der Waals surface area contributed by atoms with E-state index in [2.05, 4.69) is 34.8 Å². The van der Waals surface area contributed by atoms with Gasteiger partial charge in [-0.2, -0.15) is 0 Å². The molecule has 1 fully saturated rings. The molecule has 0 spiro atoms. The van der Waals surface area contributed by atoms with Gasteiger partial charge >= 0.3 is 0 Å². The van der Waals surface area contributed by atoms with E-state index in [9.17, 15) is 0 Å². The van der Waals surface area contributed by atoms with E-state index in [4.69, 9.17) is 4.74 Å². The summed E-state index contributed by atoms with van der Waals surface area (Å²) >= 11 is 3.50. The van der Waals surface area contributed by atoms with Crippen LogP contribution in [0.25, 0.3) is 0 Å². The molecule has 0 bridgehead atoms. The summed E-state index contributed by atoms with van der Waals surface area (Å²) in [4.78, 5) is 4.45. The molecule has 0 N–H and O–H groups in total. The van der Waals surface area contributed by atoms with E-state index < -0.39 is 0 Å². The molecular formula is C15H22BrNO. The number of aryl methyl sites for hydroxylation is 1. The van der Waals surface area contributed by atoms with Crippen molar-refractivity contribution in [1.29, 1.82) is 0 Å². The van der Waals surface area contributed by atoms with E-state index >= 15 is 0 Å². The van der Waals surface area contributed by atoms with Crippen LogP contribution in [0.2, 0.25) is 0 Å². The van der Waals surface area contributed by atoms with Gasteiger partial charge in [-0.1, -0.05) is 13.8 Å². The zero-order valence-corrected chi connectivity index (χ0v) is 13.0. The Balaban J connectivity index is 1.93. The second-order valence-electron chi connectivity index (χ2n) is 5.64. The number of pyridine rings is 1. The number of halogens is 1. The van der Waals surface area contributed by atoms with Gasteiger partial charge in [-0.15, -0.1) is 0 Å². The molecule has 1 aliphatic rings. The molecule has 0 unspecified atom stereocenters. The van der Waals surface area contributed by atoms with Crippen LogP contribution in [-0.2, 0) is 0 Å². The van der Waals surface area contributed by atoms with Crippen molar-refractivity contribution in [3.63, 3.8) is 0 Å². The Hall–Kier alpha value is -0.570. The van der Waals surface area contributed by atoms with Gasteiger partial charge in [0.2, 0.25) is 5.88 Å². The predicted octanol–water partition coefficient (Wildman–Crippen LogP) is 4.75. The van der Waals surface area contributed by atoms with Gasteiger partial charge in [0.15, 0.2) is 0 Å². The van der Waals surface area contributed by atoms with Crippen molar-refractivity contribution in [2.24, 2.45) is 11.8 Å². The maximum atomic E-state index is 6.04.